The number of hydrogen-bond acceptors (Lipinski definition) is 4. The van der Waals surface area contributed by atoms with Crippen molar-refractivity contribution in [2.24, 2.45) is 0 Å². The van der Waals surface area contributed by atoms with E-state index in [2.05, 4.69) is 108 Å². The molecule has 0 radical (unpaired) electrons. The predicted molar refractivity (Wildman–Crippen MR) is 139 cm³/mol. The van der Waals surface area contributed by atoms with E-state index in [1.54, 1.807) is 0 Å². The Morgan fingerprint density at radius 2 is 1.58 bits per heavy atom. The van der Waals surface area contributed by atoms with Crippen molar-refractivity contribution in [2.45, 2.75) is 45.8 Å². The minimum Gasteiger partial charge on any atom is -0.378 e. The molecule has 1 aromatic heterocycles. The van der Waals surface area contributed by atoms with Gasteiger partial charge in [0.2, 0.25) is 0 Å². The van der Waals surface area contributed by atoms with E-state index in [-0.39, 0.29) is 0 Å². The van der Waals surface area contributed by atoms with Crippen molar-refractivity contribution in [2.75, 3.05) is 28.8 Å². The minimum absolute atomic E-state index is 0.723. The molecule has 3 aromatic rings. The molecule has 170 valence electrons. The minimum atomic E-state index is 0.723. The number of imidazole rings is 1. The summed E-state index contributed by atoms with van der Waals surface area (Å²) in [5.74, 6) is 2.12. The molecule has 5 nitrogen and oxygen atoms in total. The normalized spacial score (nSPS) is 14.6. The predicted octanol–water partition coefficient (Wildman–Crippen LogP) is 4.21. The first-order valence-corrected chi connectivity index (χ1v) is 11.9. The van der Waals surface area contributed by atoms with Gasteiger partial charge >= 0.3 is 0 Å². The van der Waals surface area contributed by atoms with Crippen LogP contribution in [0, 0.1) is 0 Å². The largest absolute Gasteiger partial charge is 0.378 e. The number of aromatic nitrogens is 2. The van der Waals surface area contributed by atoms with Gasteiger partial charge in [0.05, 0.1) is 28.6 Å². The Hall–Kier alpha value is -3.47. The molecule has 33 heavy (non-hydrogen) atoms. The van der Waals surface area contributed by atoms with Crippen molar-refractivity contribution in [3.63, 3.8) is 0 Å². The second-order valence-corrected chi connectivity index (χ2v) is 9.07. The third-order valence-electron chi connectivity index (χ3n) is 6.58. The van der Waals surface area contributed by atoms with Gasteiger partial charge in [0.25, 0.3) is 0 Å². The fourth-order valence-electron chi connectivity index (χ4n) is 4.85. The maximum atomic E-state index is 5.05. The molecule has 1 aliphatic carbocycles. The van der Waals surface area contributed by atoms with Crippen LogP contribution < -0.4 is 25.4 Å². The SMILES string of the molecule is C=C1N(Cc2ccc(N(C)C)cc2)c2ccccc2N1Cc1nc2c(n1CCC)=CCCC=2. The van der Waals surface area contributed by atoms with E-state index in [1.165, 1.54) is 28.0 Å². The van der Waals surface area contributed by atoms with E-state index in [4.69, 9.17) is 4.98 Å². The molecule has 0 saturated carbocycles. The van der Waals surface area contributed by atoms with Gasteiger partial charge in [0.1, 0.15) is 11.6 Å². The molecule has 5 rings (SSSR count). The van der Waals surface area contributed by atoms with Crippen LogP contribution in [-0.2, 0) is 19.6 Å². The molecule has 2 aliphatic rings. The third-order valence-corrected chi connectivity index (χ3v) is 6.58. The molecule has 0 bridgehead atoms. The van der Waals surface area contributed by atoms with Gasteiger partial charge in [-0.15, -0.1) is 0 Å². The summed E-state index contributed by atoms with van der Waals surface area (Å²) in [6, 6.07) is 17.4. The zero-order chi connectivity index (χ0) is 22.9. The molecule has 0 saturated heterocycles. The summed E-state index contributed by atoms with van der Waals surface area (Å²) in [6.45, 7) is 9.26. The first kappa shape index (κ1) is 21.4. The van der Waals surface area contributed by atoms with E-state index in [1.807, 2.05) is 0 Å². The molecule has 0 N–H and O–H groups in total. The number of rotatable bonds is 7. The van der Waals surface area contributed by atoms with E-state index >= 15 is 0 Å². The number of fused-ring (bicyclic) bond motifs is 2. The molecule has 0 unspecified atom stereocenters. The van der Waals surface area contributed by atoms with E-state index in [0.29, 0.717) is 0 Å². The highest BCUT2D eigenvalue weighted by molar-refractivity contribution is 5.82. The standard InChI is InChI=1S/C28H33N5/c1-5-18-31-25-11-7-6-10-24(25)29-28(31)20-33-21(2)32(26-12-8-9-13-27(26)33)19-22-14-16-23(17-15-22)30(3)4/h8-17H,2,5-7,18-20H2,1,3-4H3. The Labute approximate surface area is 196 Å². The summed E-state index contributed by atoms with van der Waals surface area (Å²) in [5, 5.41) is 2.43. The Balaban J connectivity index is 1.47. The first-order chi connectivity index (χ1) is 16.1. The summed E-state index contributed by atoms with van der Waals surface area (Å²) in [6.07, 6.45) is 7.90. The monoisotopic (exact) mass is 439 g/mol. The van der Waals surface area contributed by atoms with Crippen LogP contribution in [0.1, 0.15) is 37.6 Å². The molecule has 0 atom stereocenters. The second kappa shape index (κ2) is 8.81. The van der Waals surface area contributed by atoms with E-state index in [0.717, 1.165) is 55.9 Å². The van der Waals surface area contributed by atoms with Crippen LogP contribution in [0.25, 0.3) is 12.2 Å². The number of para-hydroxylation sites is 2. The summed E-state index contributed by atoms with van der Waals surface area (Å²) in [5.41, 5.74) is 4.88. The van der Waals surface area contributed by atoms with E-state index < -0.39 is 0 Å². The highest BCUT2D eigenvalue weighted by Crippen LogP contribution is 2.42. The number of benzene rings is 2. The number of anilines is 3. The molecular weight excluding hydrogens is 406 g/mol. The fourth-order valence-corrected chi connectivity index (χ4v) is 4.85. The molecule has 1 aliphatic heterocycles. The van der Waals surface area contributed by atoms with Crippen molar-refractivity contribution in [1.29, 1.82) is 0 Å². The molecule has 0 fully saturated rings. The van der Waals surface area contributed by atoms with Gasteiger partial charge in [-0.05, 0) is 49.1 Å². The van der Waals surface area contributed by atoms with Crippen LogP contribution in [0.3, 0.4) is 0 Å². The maximum Gasteiger partial charge on any atom is 0.129 e. The zero-order valence-corrected chi connectivity index (χ0v) is 20.0. The zero-order valence-electron chi connectivity index (χ0n) is 20.0. The van der Waals surface area contributed by atoms with Gasteiger partial charge in [-0.3, -0.25) is 0 Å². The topological polar surface area (TPSA) is 27.5 Å². The Kier molecular flexibility index (Phi) is 5.71. The summed E-state index contributed by atoms with van der Waals surface area (Å²) < 4.78 is 2.41. The van der Waals surface area contributed by atoms with Crippen molar-refractivity contribution in [3.8, 4) is 0 Å². The van der Waals surface area contributed by atoms with Crippen LogP contribution >= 0.6 is 0 Å². The molecule has 0 spiro atoms. The molecular formula is C28H33N5. The Bertz CT molecular complexity index is 1280. The highest BCUT2D eigenvalue weighted by Gasteiger charge is 2.30. The lowest BCUT2D eigenvalue weighted by Crippen LogP contribution is -2.32. The van der Waals surface area contributed by atoms with E-state index in [9.17, 15) is 0 Å². The highest BCUT2D eigenvalue weighted by atomic mass is 15.4. The number of nitrogens with zero attached hydrogens (tertiary/aromatic N) is 5. The van der Waals surface area contributed by atoms with Gasteiger partial charge in [-0.1, -0.05) is 49.9 Å². The van der Waals surface area contributed by atoms with Gasteiger partial charge in [0, 0.05) is 32.9 Å². The smallest absolute Gasteiger partial charge is 0.129 e. The Morgan fingerprint density at radius 3 is 2.24 bits per heavy atom. The molecule has 5 heteroatoms. The Morgan fingerprint density at radius 1 is 0.909 bits per heavy atom. The van der Waals surface area contributed by atoms with Crippen LogP contribution in [0.4, 0.5) is 17.1 Å². The lowest BCUT2D eigenvalue weighted by Gasteiger charge is -2.25. The lowest BCUT2D eigenvalue weighted by molar-refractivity contribution is 0.618. The van der Waals surface area contributed by atoms with Crippen molar-refractivity contribution in [3.05, 3.63) is 83.0 Å². The lowest BCUT2D eigenvalue weighted by atomic mass is 10.1. The van der Waals surface area contributed by atoms with Crippen LogP contribution in [0.15, 0.2) is 60.9 Å². The third kappa shape index (κ3) is 3.92. The van der Waals surface area contributed by atoms with Crippen molar-refractivity contribution >= 4 is 29.2 Å². The van der Waals surface area contributed by atoms with Gasteiger partial charge < -0.3 is 19.3 Å². The summed E-state index contributed by atoms with van der Waals surface area (Å²) in [7, 11) is 4.14. The van der Waals surface area contributed by atoms with Crippen LogP contribution in [0.2, 0.25) is 0 Å². The van der Waals surface area contributed by atoms with Crippen LogP contribution in [0.5, 0.6) is 0 Å². The van der Waals surface area contributed by atoms with Gasteiger partial charge in [0.15, 0.2) is 0 Å². The van der Waals surface area contributed by atoms with Crippen molar-refractivity contribution < 1.29 is 0 Å². The summed E-state index contributed by atoms with van der Waals surface area (Å²) in [4.78, 5) is 11.8. The maximum absolute atomic E-state index is 5.05. The average molecular weight is 440 g/mol. The average Bonchev–Trinajstić information content (AvgIpc) is 3.30. The molecule has 2 aromatic carbocycles. The summed E-state index contributed by atoms with van der Waals surface area (Å²) >= 11 is 0. The quantitative estimate of drug-likeness (QED) is 0.551. The fraction of sp³-hybridized carbons (Fsp3) is 0.321. The van der Waals surface area contributed by atoms with Gasteiger partial charge in [-0.25, -0.2) is 4.98 Å². The van der Waals surface area contributed by atoms with Gasteiger partial charge in [-0.2, -0.15) is 0 Å². The second-order valence-electron chi connectivity index (χ2n) is 9.07. The molecule has 0 amide bonds. The number of hydrogen-bond donors (Lipinski definition) is 0. The van der Waals surface area contributed by atoms with Crippen molar-refractivity contribution in [1.82, 2.24) is 9.55 Å². The van der Waals surface area contributed by atoms with Crippen LogP contribution in [-0.4, -0.2) is 23.6 Å². The first-order valence-electron chi connectivity index (χ1n) is 11.9. The molecule has 2 heterocycles.